The number of aliphatic hydroxyl groups excluding tert-OH is 1. The third-order valence-corrected chi connectivity index (χ3v) is 17.3. The van der Waals surface area contributed by atoms with E-state index in [2.05, 4.69) is 21.3 Å². The number of likely N-dealkylation sites (N-methyl/N-ethyl adjacent to an activating group) is 7. The number of amides is 11. The number of hydrogen-bond acceptors (Lipinski definition) is 15. The monoisotopic (exact) mass is 1320 g/mol. The van der Waals surface area contributed by atoms with Crippen LogP contribution in [-0.4, -0.2) is 256 Å². The normalized spacial score (nSPS) is 26.5. The van der Waals surface area contributed by atoms with Gasteiger partial charge in [0.2, 0.25) is 65.0 Å². The molecule has 93 heavy (non-hydrogen) atoms. The summed E-state index contributed by atoms with van der Waals surface area (Å²) in [4.78, 5) is 183. The van der Waals surface area contributed by atoms with Crippen molar-refractivity contribution < 1.29 is 72.5 Å². The Labute approximate surface area is 554 Å². The standard InChI is InChI=1S/C67H119N11O15/c1-26-28-29-42(13)55(80)54-59(84)70-46(27-2)61(86)76(23)51(36-93-31-30-43(14)79)64(89)75(22)50(35-67(17,18)92)58(83)71-52(40(9)10)65(90)72(19)47(32-37(3)4)57(82)68-44(15)56(81)69-45(16)60(85)73(20)48(33-38(5)6)62(87)74(21)49(34-39(7)8)63(88)77(24)53(41(11)12)66(91)78(54)25/h26,28,37-42,44-55,80,92H,27,29-36H2,1-25H3,(H,68,82)(H,69,81)(H,70,84)(H,71,83)/b28-26+/t42-,44+,45-,46+,47+,48+,49+,50+,51-,52+,53+,54+,55-/m1/s1. The van der Waals surface area contributed by atoms with Crippen LogP contribution in [0, 0.1) is 35.5 Å². The Morgan fingerprint density at radius 3 is 1.42 bits per heavy atom. The van der Waals surface area contributed by atoms with Gasteiger partial charge in [-0.25, -0.2) is 0 Å². The molecule has 1 fully saturated rings. The number of hydrogen-bond donors (Lipinski definition) is 6. The zero-order valence-corrected chi connectivity index (χ0v) is 60.7. The maximum Gasteiger partial charge on any atom is 0.248 e. The quantitative estimate of drug-likeness (QED) is 0.0754. The van der Waals surface area contributed by atoms with E-state index in [1.54, 1.807) is 60.6 Å². The minimum absolute atomic E-state index is 0.0592. The molecule has 6 N–H and O–H groups in total. The van der Waals surface area contributed by atoms with Crippen LogP contribution in [0.5, 0.6) is 0 Å². The summed E-state index contributed by atoms with van der Waals surface area (Å²) in [6.45, 7) is 29.1. The maximum absolute atomic E-state index is 15.3. The Hall–Kier alpha value is -6.54. The molecule has 1 saturated heterocycles. The average Bonchev–Trinajstić information content (AvgIpc) is 0.814. The second-order valence-electron chi connectivity index (χ2n) is 28.2. The molecule has 0 saturated carbocycles. The lowest BCUT2D eigenvalue weighted by Crippen LogP contribution is -2.64. The first-order valence-electron chi connectivity index (χ1n) is 33.0. The number of nitrogens with one attached hydrogen (secondary N) is 4. The number of ketones is 1. The lowest BCUT2D eigenvalue weighted by Gasteiger charge is -2.41. The Balaban J connectivity index is 4.57. The molecule has 0 spiro atoms. The highest BCUT2D eigenvalue weighted by molar-refractivity contribution is 6.00. The summed E-state index contributed by atoms with van der Waals surface area (Å²) in [6, 6.07) is -15.1. The van der Waals surface area contributed by atoms with Crippen LogP contribution in [0.25, 0.3) is 0 Å². The van der Waals surface area contributed by atoms with Crippen molar-refractivity contribution in [1.29, 1.82) is 0 Å². The van der Waals surface area contributed by atoms with Gasteiger partial charge < -0.3 is 70.5 Å². The number of allylic oxidation sites excluding steroid dienone is 2. The van der Waals surface area contributed by atoms with Gasteiger partial charge in [0.1, 0.15) is 72.2 Å². The van der Waals surface area contributed by atoms with Crippen molar-refractivity contribution in [3.8, 4) is 0 Å². The van der Waals surface area contributed by atoms with Gasteiger partial charge in [-0.05, 0) is 109 Å². The van der Waals surface area contributed by atoms with E-state index in [-0.39, 0.29) is 68.7 Å². The molecule has 0 unspecified atom stereocenters. The number of carbonyl (C=O) groups excluding carboxylic acids is 12. The van der Waals surface area contributed by atoms with Crippen LogP contribution in [0.2, 0.25) is 0 Å². The molecule has 1 rings (SSSR count). The van der Waals surface area contributed by atoms with Crippen molar-refractivity contribution in [1.82, 2.24) is 55.6 Å². The molecule has 26 heteroatoms. The van der Waals surface area contributed by atoms with Crippen molar-refractivity contribution >= 4 is 70.8 Å². The minimum atomic E-state index is -1.71. The molecule has 13 atom stereocenters. The van der Waals surface area contributed by atoms with Gasteiger partial charge in [-0.1, -0.05) is 95.2 Å². The third-order valence-electron chi connectivity index (χ3n) is 17.3. The van der Waals surface area contributed by atoms with Crippen molar-refractivity contribution in [2.75, 3.05) is 62.5 Å². The molecule has 0 aromatic rings. The Bertz CT molecular complexity index is 2590. The molecular weight excluding hydrogens is 1200 g/mol. The zero-order valence-electron chi connectivity index (χ0n) is 60.7. The van der Waals surface area contributed by atoms with Crippen LogP contribution < -0.4 is 21.3 Å². The number of aliphatic hydroxyl groups is 2. The third kappa shape index (κ3) is 24.6. The van der Waals surface area contributed by atoms with E-state index in [1.807, 2.05) is 41.5 Å². The molecule has 532 valence electrons. The summed E-state index contributed by atoms with van der Waals surface area (Å²) in [7, 11) is 9.52. The molecule has 1 heterocycles. The summed E-state index contributed by atoms with van der Waals surface area (Å²) in [6.07, 6.45) is 1.98. The molecule has 0 bridgehead atoms. The lowest BCUT2D eigenvalue weighted by molar-refractivity contribution is -0.157. The molecule has 0 radical (unpaired) electrons. The van der Waals surface area contributed by atoms with Gasteiger partial charge in [-0.3, -0.25) is 57.5 Å². The molecule has 0 aromatic heterocycles. The van der Waals surface area contributed by atoms with E-state index in [0.717, 1.165) is 14.7 Å². The van der Waals surface area contributed by atoms with Crippen molar-refractivity contribution in [3.63, 3.8) is 0 Å². The van der Waals surface area contributed by atoms with Gasteiger partial charge >= 0.3 is 0 Å². The molecule has 1 aliphatic heterocycles. The molecule has 0 aliphatic carbocycles. The average molecular weight is 1320 g/mol. The van der Waals surface area contributed by atoms with Gasteiger partial charge in [-0.15, -0.1) is 0 Å². The van der Waals surface area contributed by atoms with E-state index in [9.17, 15) is 39.0 Å². The van der Waals surface area contributed by atoms with E-state index < -0.39 is 174 Å². The van der Waals surface area contributed by atoms with Gasteiger partial charge in [-0.2, -0.15) is 0 Å². The van der Waals surface area contributed by atoms with Crippen LogP contribution in [0.15, 0.2) is 12.2 Å². The maximum atomic E-state index is 15.3. The van der Waals surface area contributed by atoms with E-state index in [0.29, 0.717) is 0 Å². The largest absolute Gasteiger partial charge is 0.390 e. The van der Waals surface area contributed by atoms with Crippen LogP contribution >= 0.6 is 0 Å². The Morgan fingerprint density at radius 2 is 0.957 bits per heavy atom. The summed E-state index contributed by atoms with van der Waals surface area (Å²) in [5.74, 6) is -11.3. The predicted molar refractivity (Wildman–Crippen MR) is 355 cm³/mol. The summed E-state index contributed by atoms with van der Waals surface area (Å²) < 4.78 is 5.87. The van der Waals surface area contributed by atoms with E-state index in [4.69, 9.17) is 4.74 Å². The van der Waals surface area contributed by atoms with Crippen LogP contribution in [0.3, 0.4) is 0 Å². The van der Waals surface area contributed by atoms with Crippen LogP contribution in [0.1, 0.15) is 170 Å². The van der Waals surface area contributed by atoms with Crippen LogP contribution in [0.4, 0.5) is 0 Å². The van der Waals surface area contributed by atoms with Gasteiger partial charge in [0.25, 0.3) is 0 Å². The van der Waals surface area contributed by atoms with E-state index in [1.165, 1.54) is 104 Å². The molecular formula is C67H119N11O15. The highest BCUT2D eigenvalue weighted by Gasteiger charge is 2.47. The first-order valence-corrected chi connectivity index (χ1v) is 33.0. The predicted octanol–water partition coefficient (Wildman–Crippen LogP) is 2.75. The smallest absolute Gasteiger partial charge is 0.248 e. The second-order valence-corrected chi connectivity index (χ2v) is 28.2. The fourth-order valence-electron chi connectivity index (χ4n) is 11.4. The summed E-state index contributed by atoms with van der Waals surface area (Å²) >= 11 is 0. The van der Waals surface area contributed by atoms with E-state index >= 15 is 28.8 Å². The van der Waals surface area contributed by atoms with Crippen molar-refractivity contribution in [2.45, 2.75) is 248 Å². The number of ether oxygens (including phenoxy) is 1. The highest BCUT2D eigenvalue weighted by Crippen LogP contribution is 2.26. The van der Waals surface area contributed by atoms with Gasteiger partial charge in [0.15, 0.2) is 0 Å². The summed E-state index contributed by atoms with van der Waals surface area (Å²) in [5, 5.41) is 34.4. The van der Waals surface area contributed by atoms with Gasteiger partial charge in [0, 0.05) is 62.2 Å². The summed E-state index contributed by atoms with van der Waals surface area (Å²) in [5.41, 5.74) is -1.64. The van der Waals surface area contributed by atoms with Crippen LogP contribution in [-0.2, 0) is 62.3 Å². The number of carbonyl (C=O) groups is 12. The molecule has 26 nitrogen and oxygen atoms in total. The minimum Gasteiger partial charge on any atom is -0.390 e. The van der Waals surface area contributed by atoms with Gasteiger partial charge in [0.05, 0.1) is 24.9 Å². The highest BCUT2D eigenvalue weighted by atomic mass is 16.5. The fraction of sp³-hybridized carbons (Fsp3) is 0.791. The van der Waals surface area contributed by atoms with Crippen molar-refractivity contribution in [2.24, 2.45) is 35.5 Å². The Kier molecular flexibility index (Phi) is 34.6. The molecule has 0 aromatic carbocycles. The number of nitrogens with zero attached hydrogens (tertiary/aromatic N) is 7. The number of rotatable bonds is 20. The number of Topliss-reactive ketones (excluding diaryl/α,β-unsaturated/α-hetero) is 1. The van der Waals surface area contributed by atoms with Crippen molar-refractivity contribution in [3.05, 3.63) is 12.2 Å². The fourth-order valence-corrected chi connectivity index (χ4v) is 11.4. The zero-order chi connectivity index (χ0) is 72.2. The Morgan fingerprint density at radius 1 is 0.527 bits per heavy atom. The lowest BCUT2D eigenvalue weighted by atomic mass is 9.91. The molecule has 11 amide bonds. The first kappa shape index (κ1) is 84.5. The molecule has 1 aliphatic rings. The second kappa shape index (κ2) is 38.1. The SMILES string of the molecule is C/C=C/C[C@@H](C)[C@@H](O)[C@H]1C(=O)N[C@@H](CC)C(=O)N(C)[C@H](COCCC(C)=O)C(=O)N(C)[C@@H](CC(C)(C)O)C(=O)N[C@@H](C(C)C)C(=O)N(C)[C@@H](CC(C)C)C(=O)N[C@@H](C)C(=O)N[C@H](C)C(=O)N(C)[C@@H](CC(C)C)C(=O)N(C)[C@@H](CC(C)C)C(=O)N(C)[C@@H](C(C)C)C(=O)N1C. The topological polar surface area (TPSA) is 325 Å². The first-order chi connectivity index (χ1) is 42.8.